The number of nitrogens with one attached hydrogen (secondary N) is 2. The molecule has 1 unspecified atom stereocenters. The Labute approximate surface area is 105 Å². The first-order valence-corrected chi connectivity index (χ1v) is 6.79. The van der Waals surface area contributed by atoms with E-state index in [0.717, 1.165) is 12.3 Å². The number of aromatic amines is 1. The van der Waals surface area contributed by atoms with Crippen molar-refractivity contribution in [3.63, 3.8) is 0 Å². The average molecular weight is 276 g/mol. The highest BCUT2D eigenvalue weighted by Crippen LogP contribution is 2.16. The molecule has 0 aromatic carbocycles. The summed E-state index contributed by atoms with van der Waals surface area (Å²) >= 11 is 0. The van der Waals surface area contributed by atoms with Crippen molar-refractivity contribution in [2.45, 2.75) is 30.7 Å². The Hall–Kier alpha value is -1.38. The van der Waals surface area contributed by atoms with Crippen molar-refractivity contribution in [3.05, 3.63) is 18.0 Å². The number of carbonyl (C=O) groups is 1. The summed E-state index contributed by atoms with van der Waals surface area (Å²) in [6.45, 7) is 2.95. The van der Waals surface area contributed by atoms with Gasteiger partial charge >= 0.3 is 5.97 Å². The minimum atomic E-state index is -3.86. The van der Waals surface area contributed by atoms with Gasteiger partial charge in [-0.05, 0) is 19.4 Å². The summed E-state index contributed by atoms with van der Waals surface area (Å²) < 4.78 is 26.3. The number of aromatic nitrogens is 1. The third-order valence-corrected chi connectivity index (χ3v) is 4.33. The summed E-state index contributed by atoms with van der Waals surface area (Å²) in [5.74, 6) is -1.24. The van der Waals surface area contributed by atoms with E-state index in [4.69, 9.17) is 10.2 Å². The van der Waals surface area contributed by atoms with Gasteiger partial charge in [0.25, 0.3) is 0 Å². The predicted molar refractivity (Wildman–Crippen MR) is 63.9 cm³/mol. The summed E-state index contributed by atoms with van der Waals surface area (Å²) in [6, 6.07) is 1.03. The fraction of sp³-hybridized carbons (Fsp3) is 0.500. The third-order valence-electron chi connectivity index (χ3n) is 2.71. The van der Waals surface area contributed by atoms with E-state index in [0.29, 0.717) is 6.42 Å². The lowest BCUT2D eigenvalue weighted by molar-refractivity contribution is 0.0691. The molecule has 1 rings (SSSR count). The molecule has 0 radical (unpaired) electrons. The molecular weight excluding hydrogens is 260 g/mol. The van der Waals surface area contributed by atoms with Gasteiger partial charge in [0.15, 0.2) is 0 Å². The Balaban J connectivity index is 3.03. The van der Waals surface area contributed by atoms with Crippen LogP contribution in [-0.2, 0) is 10.0 Å². The third kappa shape index (κ3) is 3.09. The number of hydrogen-bond donors (Lipinski definition) is 4. The van der Waals surface area contributed by atoms with Gasteiger partial charge in [-0.15, -0.1) is 0 Å². The van der Waals surface area contributed by atoms with Crippen molar-refractivity contribution in [2.24, 2.45) is 0 Å². The average Bonchev–Trinajstić information content (AvgIpc) is 2.78. The molecule has 0 fully saturated rings. The van der Waals surface area contributed by atoms with Gasteiger partial charge in [0.2, 0.25) is 10.0 Å². The zero-order valence-electron chi connectivity index (χ0n) is 10.1. The molecule has 18 heavy (non-hydrogen) atoms. The van der Waals surface area contributed by atoms with E-state index in [9.17, 15) is 13.2 Å². The van der Waals surface area contributed by atoms with E-state index < -0.39 is 21.5 Å². The van der Waals surface area contributed by atoms with Crippen LogP contribution >= 0.6 is 0 Å². The van der Waals surface area contributed by atoms with Gasteiger partial charge in [0.1, 0.15) is 10.6 Å². The summed E-state index contributed by atoms with van der Waals surface area (Å²) in [7, 11) is -3.86. The van der Waals surface area contributed by atoms with Crippen LogP contribution in [0.25, 0.3) is 0 Å². The van der Waals surface area contributed by atoms with E-state index in [1.807, 2.05) is 0 Å². The maximum absolute atomic E-state index is 12.0. The van der Waals surface area contributed by atoms with Crippen molar-refractivity contribution in [1.29, 1.82) is 0 Å². The molecule has 7 nitrogen and oxygen atoms in total. The van der Waals surface area contributed by atoms with E-state index in [1.54, 1.807) is 13.8 Å². The number of carboxylic acid groups (broad SMARTS) is 1. The van der Waals surface area contributed by atoms with Crippen molar-refractivity contribution in [2.75, 3.05) is 6.61 Å². The van der Waals surface area contributed by atoms with Crippen LogP contribution in [0.3, 0.4) is 0 Å². The first kappa shape index (κ1) is 14.7. The van der Waals surface area contributed by atoms with Crippen LogP contribution in [0.15, 0.2) is 17.2 Å². The van der Waals surface area contributed by atoms with Gasteiger partial charge in [-0.2, -0.15) is 0 Å². The molecule has 0 aliphatic carbocycles. The number of hydrogen-bond acceptors (Lipinski definition) is 4. The smallest absolute Gasteiger partial charge is 0.352 e. The Kier molecular flexibility index (Phi) is 4.15. The molecule has 102 valence electrons. The number of sulfonamides is 1. The maximum atomic E-state index is 12.0. The normalized spacial score (nSPS) is 15.3. The standard InChI is InChI=1S/C10H16N2O5S/c1-3-10(2,6-13)12-18(16,17)7-4-8(9(14)15)11-5-7/h4-5,11-13H,3,6H2,1-2H3,(H,14,15). The van der Waals surface area contributed by atoms with Crippen molar-refractivity contribution in [1.82, 2.24) is 9.71 Å². The highest BCUT2D eigenvalue weighted by Gasteiger charge is 2.29. The van der Waals surface area contributed by atoms with E-state index in [2.05, 4.69) is 9.71 Å². The summed E-state index contributed by atoms with van der Waals surface area (Å²) in [5.41, 5.74) is -1.18. The van der Waals surface area contributed by atoms with E-state index in [1.165, 1.54) is 0 Å². The second-order valence-electron chi connectivity index (χ2n) is 4.23. The fourth-order valence-electron chi connectivity index (χ4n) is 1.25. The van der Waals surface area contributed by atoms with Gasteiger partial charge < -0.3 is 15.2 Å². The van der Waals surface area contributed by atoms with Gasteiger partial charge in [0, 0.05) is 6.20 Å². The topological polar surface area (TPSA) is 119 Å². The molecule has 4 N–H and O–H groups in total. The Morgan fingerprint density at radius 3 is 2.56 bits per heavy atom. The number of aliphatic hydroxyl groups excluding tert-OH is 1. The Morgan fingerprint density at radius 1 is 1.56 bits per heavy atom. The largest absolute Gasteiger partial charge is 0.477 e. The second kappa shape index (κ2) is 5.09. The molecule has 1 aromatic heterocycles. The van der Waals surface area contributed by atoms with Gasteiger partial charge in [0.05, 0.1) is 12.1 Å². The molecule has 8 heteroatoms. The lowest BCUT2D eigenvalue weighted by Gasteiger charge is -2.26. The van der Waals surface area contributed by atoms with Crippen LogP contribution < -0.4 is 4.72 Å². The molecule has 0 amide bonds. The SMILES string of the molecule is CCC(C)(CO)NS(=O)(=O)c1c[nH]c(C(=O)O)c1. The zero-order chi connectivity index (χ0) is 14.0. The number of H-pyrrole nitrogens is 1. The molecule has 0 spiro atoms. The molecule has 0 bridgehead atoms. The molecule has 1 atom stereocenters. The molecule has 0 aliphatic rings. The molecular formula is C10H16N2O5S. The van der Waals surface area contributed by atoms with E-state index >= 15 is 0 Å². The number of aromatic carboxylic acids is 1. The van der Waals surface area contributed by atoms with Crippen LogP contribution in [-0.4, -0.2) is 41.7 Å². The van der Waals surface area contributed by atoms with Gasteiger partial charge in [-0.3, -0.25) is 0 Å². The summed E-state index contributed by atoms with van der Waals surface area (Å²) in [4.78, 5) is 12.8. The van der Waals surface area contributed by atoms with Crippen LogP contribution in [0.5, 0.6) is 0 Å². The summed E-state index contributed by atoms with van der Waals surface area (Å²) in [6.07, 6.45) is 1.50. The molecule has 0 saturated carbocycles. The van der Waals surface area contributed by atoms with Crippen LogP contribution in [0.4, 0.5) is 0 Å². The monoisotopic (exact) mass is 276 g/mol. The predicted octanol–water partition coefficient (Wildman–Crippen LogP) is 0.152. The first-order valence-electron chi connectivity index (χ1n) is 5.30. The van der Waals surface area contributed by atoms with Crippen molar-refractivity contribution < 1.29 is 23.4 Å². The highest BCUT2D eigenvalue weighted by molar-refractivity contribution is 7.89. The van der Waals surface area contributed by atoms with Gasteiger partial charge in [-0.25, -0.2) is 17.9 Å². The molecule has 1 aromatic rings. The lowest BCUT2D eigenvalue weighted by Crippen LogP contribution is -2.48. The number of rotatable bonds is 6. The van der Waals surface area contributed by atoms with Crippen molar-refractivity contribution in [3.8, 4) is 0 Å². The Morgan fingerprint density at radius 2 is 2.17 bits per heavy atom. The van der Waals surface area contributed by atoms with E-state index in [-0.39, 0.29) is 17.2 Å². The quantitative estimate of drug-likeness (QED) is 0.589. The van der Waals surface area contributed by atoms with Crippen LogP contribution in [0.1, 0.15) is 30.8 Å². The minimum absolute atomic E-state index is 0.173. The highest BCUT2D eigenvalue weighted by atomic mass is 32.2. The zero-order valence-corrected chi connectivity index (χ0v) is 10.9. The number of carboxylic acids is 1. The lowest BCUT2D eigenvalue weighted by atomic mass is 10.0. The fourth-order valence-corrected chi connectivity index (χ4v) is 2.72. The van der Waals surface area contributed by atoms with Crippen LogP contribution in [0, 0.1) is 0 Å². The molecule has 0 aliphatic heterocycles. The maximum Gasteiger partial charge on any atom is 0.352 e. The van der Waals surface area contributed by atoms with Crippen molar-refractivity contribution >= 4 is 16.0 Å². The minimum Gasteiger partial charge on any atom is -0.477 e. The molecule has 1 heterocycles. The first-order chi connectivity index (χ1) is 8.24. The second-order valence-corrected chi connectivity index (χ2v) is 5.91. The van der Waals surface area contributed by atoms with Crippen LogP contribution in [0.2, 0.25) is 0 Å². The molecule has 0 saturated heterocycles. The number of aliphatic hydroxyl groups is 1. The Bertz CT molecular complexity index is 530. The summed E-state index contributed by atoms with van der Waals surface area (Å²) in [5, 5.41) is 17.9. The van der Waals surface area contributed by atoms with Gasteiger partial charge in [-0.1, -0.05) is 6.92 Å².